The Morgan fingerprint density at radius 1 is 1.15 bits per heavy atom. The van der Waals surface area contributed by atoms with Crippen LogP contribution >= 0.6 is 46.6 Å². The number of amides is 2. The van der Waals surface area contributed by atoms with E-state index in [4.69, 9.17) is 39.5 Å². The monoisotopic (exact) mass is 521 g/mol. The largest absolute Gasteiger partial charge is 0.482 e. The lowest BCUT2D eigenvalue weighted by Gasteiger charge is -2.12. The van der Waals surface area contributed by atoms with Crippen molar-refractivity contribution >= 4 is 69.6 Å². The van der Waals surface area contributed by atoms with E-state index in [1.54, 1.807) is 18.2 Å². The smallest absolute Gasteiger partial charge is 0.278 e. The number of carbonyl (C=O) groups excluding carboxylic acids is 2. The first-order valence-electron chi connectivity index (χ1n) is 9.57. The highest BCUT2D eigenvalue weighted by molar-refractivity contribution is 8.18. The molecule has 0 spiro atoms. The van der Waals surface area contributed by atoms with E-state index in [1.165, 1.54) is 17.0 Å². The van der Waals surface area contributed by atoms with Crippen LogP contribution in [0.25, 0.3) is 6.08 Å². The molecule has 1 N–H and O–H groups in total. The van der Waals surface area contributed by atoms with Crippen LogP contribution in [0.5, 0.6) is 5.75 Å². The molecule has 0 unspecified atom stereocenters. The number of rotatable bonds is 8. The lowest BCUT2D eigenvalue weighted by Crippen LogP contribution is -2.32. The Bertz CT molecular complexity index is 1150. The van der Waals surface area contributed by atoms with E-state index in [0.717, 1.165) is 17.3 Å². The molecule has 1 fully saturated rings. The van der Waals surface area contributed by atoms with Gasteiger partial charge in [-0.05, 0) is 29.5 Å². The van der Waals surface area contributed by atoms with Crippen molar-refractivity contribution < 1.29 is 14.3 Å². The molecule has 3 rings (SSSR count). The van der Waals surface area contributed by atoms with Gasteiger partial charge in [0.05, 0.1) is 20.0 Å². The van der Waals surface area contributed by atoms with Crippen molar-refractivity contribution in [1.82, 2.24) is 10.3 Å². The highest BCUT2D eigenvalue weighted by Gasteiger charge is 2.32. The second kappa shape index (κ2) is 12.0. The Hall–Kier alpha value is -2.71. The minimum atomic E-state index is -0.544. The summed E-state index contributed by atoms with van der Waals surface area (Å²) in [7, 11) is 0. The van der Waals surface area contributed by atoms with Gasteiger partial charge in [0, 0.05) is 12.6 Å². The third kappa shape index (κ3) is 6.88. The highest BCUT2D eigenvalue weighted by Crippen LogP contribution is 2.34. The predicted molar refractivity (Wildman–Crippen MR) is 136 cm³/mol. The predicted octanol–water partition coefficient (Wildman–Crippen LogP) is 5.77. The van der Waals surface area contributed by atoms with Gasteiger partial charge in [-0.15, -0.1) is 11.7 Å². The van der Waals surface area contributed by atoms with Gasteiger partial charge in [-0.1, -0.05) is 83.4 Å². The quantitative estimate of drug-likeness (QED) is 0.207. The summed E-state index contributed by atoms with van der Waals surface area (Å²) in [4.78, 5) is 26.8. The van der Waals surface area contributed by atoms with Crippen molar-refractivity contribution in [3.8, 4) is 5.75 Å². The van der Waals surface area contributed by atoms with Crippen LogP contribution in [-0.2, 0) is 9.59 Å². The number of carbonyl (C=O) groups is 2. The van der Waals surface area contributed by atoms with E-state index in [9.17, 15) is 9.59 Å². The molecule has 33 heavy (non-hydrogen) atoms. The van der Waals surface area contributed by atoms with Crippen molar-refractivity contribution in [1.29, 1.82) is 0 Å². The number of halogens is 3. The Morgan fingerprint density at radius 2 is 1.88 bits per heavy atom. The number of ether oxygens (including phenoxy) is 1. The molecule has 0 saturated carbocycles. The first kappa shape index (κ1) is 24.9. The number of nitrogens with zero attached hydrogens (tertiary/aromatic N) is 2. The van der Waals surface area contributed by atoms with Gasteiger partial charge in [-0.25, -0.2) is 5.43 Å². The first-order chi connectivity index (χ1) is 15.9. The zero-order valence-corrected chi connectivity index (χ0v) is 20.2. The molecule has 0 aliphatic carbocycles. The average Bonchev–Trinajstić information content (AvgIpc) is 3.09. The Balaban J connectivity index is 1.64. The van der Waals surface area contributed by atoms with Gasteiger partial charge in [0.2, 0.25) is 0 Å². The molecule has 1 aliphatic heterocycles. The number of thioether (sulfide) groups is 1. The third-order valence-corrected chi connectivity index (χ3v) is 6.19. The maximum atomic E-state index is 12.7. The number of nitrogens with one attached hydrogen (secondary N) is 1. The summed E-state index contributed by atoms with van der Waals surface area (Å²) in [5, 5.41) is 5.13. The van der Waals surface area contributed by atoms with Gasteiger partial charge in [-0.2, -0.15) is 0 Å². The van der Waals surface area contributed by atoms with E-state index in [2.05, 4.69) is 17.1 Å². The van der Waals surface area contributed by atoms with Crippen LogP contribution in [0.1, 0.15) is 5.56 Å². The molecule has 10 heteroatoms. The molecule has 0 radical (unpaired) electrons. The number of benzene rings is 2. The maximum absolute atomic E-state index is 12.7. The number of hydrogen-bond acceptors (Lipinski definition) is 5. The van der Waals surface area contributed by atoms with Crippen LogP contribution in [0, 0.1) is 0 Å². The van der Waals surface area contributed by atoms with Crippen LogP contribution in [0.3, 0.4) is 0 Å². The lowest BCUT2D eigenvalue weighted by molar-refractivity contribution is -0.124. The number of allylic oxidation sites excluding steroid dienone is 2. The number of hydrogen-bond donors (Lipinski definition) is 1. The minimum Gasteiger partial charge on any atom is -0.482 e. The van der Waals surface area contributed by atoms with E-state index >= 15 is 0 Å². The molecule has 1 saturated heterocycles. The molecule has 2 aromatic carbocycles. The Morgan fingerprint density at radius 3 is 2.61 bits per heavy atom. The summed E-state index contributed by atoms with van der Waals surface area (Å²) in [5.41, 5.74) is 3.39. The molecule has 0 bridgehead atoms. The molecule has 2 amide bonds. The van der Waals surface area contributed by atoms with E-state index in [1.807, 2.05) is 36.4 Å². The standard InChI is InChI=1S/C23H18Cl3N3O3S/c1-2-11-29-22(31)20(10-6-9-15-7-4-3-5-8-15)33-23(29)28-27-21(30)14-32-19-13-17(25)16(24)12-18(19)26/h2-10,12-13H,1,11,14H2,(H,27,30)/b9-6+,20-10-,28-23+. The van der Waals surface area contributed by atoms with Crippen molar-refractivity contribution in [3.05, 3.63) is 92.8 Å². The van der Waals surface area contributed by atoms with Gasteiger partial charge < -0.3 is 4.74 Å². The van der Waals surface area contributed by atoms with Gasteiger partial charge in [0.1, 0.15) is 5.75 Å². The van der Waals surface area contributed by atoms with Crippen LogP contribution in [-0.4, -0.2) is 35.0 Å². The van der Waals surface area contributed by atoms with Crippen molar-refractivity contribution in [2.45, 2.75) is 0 Å². The molecular weight excluding hydrogens is 505 g/mol. The third-order valence-electron chi connectivity index (χ3n) is 4.15. The summed E-state index contributed by atoms with van der Waals surface area (Å²) in [5.74, 6) is -0.565. The van der Waals surface area contributed by atoms with Crippen LogP contribution < -0.4 is 10.2 Å². The van der Waals surface area contributed by atoms with E-state index < -0.39 is 5.91 Å². The van der Waals surface area contributed by atoms with E-state index in [0.29, 0.717) is 10.1 Å². The molecule has 1 heterocycles. The molecule has 170 valence electrons. The van der Waals surface area contributed by atoms with Crippen molar-refractivity contribution in [3.63, 3.8) is 0 Å². The minimum absolute atomic E-state index is 0.211. The summed E-state index contributed by atoms with van der Waals surface area (Å²) in [6.07, 6.45) is 6.96. The average molecular weight is 523 g/mol. The molecule has 1 aliphatic rings. The first-order valence-corrected chi connectivity index (χ1v) is 11.5. The summed E-state index contributed by atoms with van der Waals surface area (Å²) >= 11 is 19.0. The van der Waals surface area contributed by atoms with Gasteiger partial charge in [0.25, 0.3) is 11.8 Å². The zero-order valence-electron chi connectivity index (χ0n) is 17.1. The fraction of sp³-hybridized carbons (Fsp3) is 0.0870. The fourth-order valence-corrected chi connectivity index (χ4v) is 4.10. The summed E-state index contributed by atoms with van der Waals surface area (Å²) in [6.45, 7) is 3.55. The van der Waals surface area contributed by atoms with Crippen LogP contribution in [0.2, 0.25) is 15.1 Å². The molecular formula is C23H18Cl3N3O3S. The van der Waals surface area contributed by atoms with Crippen molar-refractivity contribution in [2.24, 2.45) is 5.10 Å². The summed E-state index contributed by atoms with van der Waals surface area (Å²) in [6, 6.07) is 12.5. The van der Waals surface area contributed by atoms with E-state index in [-0.39, 0.29) is 39.9 Å². The van der Waals surface area contributed by atoms with Crippen LogP contribution in [0.15, 0.2) is 77.3 Å². The Kier molecular flexibility index (Phi) is 9.03. The SMILES string of the molecule is C=CCN1C(=O)/C(=C/C=C/c2ccccc2)S/C1=N/NC(=O)COc1cc(Cl)c(Cl)cc1Cl. The molecule has 6 nitrogen and oxygen atoms in total. The van der Waals surface area contributed by atoms with Gasteiger partial charge in [0.15, 0.2) is 11.8 Å². The second-order valence-electron chi connectivity index (χ2n) is 6.52. The Labute approximate surface area is 210 Å². The van der Waals surface area contributed by atoms with Gasteiger partial charge >= 0.3 is 0 Å². The van der Waals surface area contributed by atoms with Crippen LogP contribution in [0.4, 0.5) is 0 Å². The second-order valence-corrected chi connectivity index (χ2v) is 8.75. The topological polar surface area (TPSA) is 71.0 Å². The maximum Gasteiger partial charge on any atom is 0.278 e. The fourth-order valence-electron chi connectivity index (χ4n) is 2.61. The number of amidine groups is 1. The lowest BCUT2D eigenvalue weighted by atomic mass is 10.2. The van der Waals surface area contributed by atoms with Gasteiger partial charge in [-0.3, -0.25) is 14.5 Å². The highest BCUT2D eigenvalue weighted by atomic mass is 35.5. The summed E-state index contributed by atoms with van der Waals surface area (Å²) < 4.78 is 5.38. The molecule has 0 aromatic heterocycles. The number of hydrazone groups is 1. The zero-order chi connectivity index (χ0) is 23.8. The molecule has 2 aromatic rings. The normalized spacial score (nSPS) is 16.1. The van der Waals surface area contributed by atoms with Crippen molar-refractivity contribution in [2.75, 3.05) is 13.2 Å². The molecule has 0 atom stereocenters.